The number of hydrogen-bond acceptors (Lipinski definition) is 4. The Hall–Kier alpha value is -3.42. The lowest BCUT2D eigenvalue weighted by atomic mass is 10.1. The van der Waals surface area contributed by atoms with E-state index in [-0.39, 0.29) is 36.5 Å². The van der Waals surface area contributed by atoms with Crippen molar-refractivity contribution in [3.05, 3.63) is 69.8 Å². The number of nitrogens with zero attached hydrogens (tertiary/aromatic N) is 1. The lowest BCUT2D eigenvalue weighted by Crippen LogP contribution is -2.14. The Morgan fingerprint density at radius 2 is 1.00 bits per heavy atom. The van der Waals surface area contributed by atoms with Gasteiger partial charge >= 0.3 is 24.7 Å². The molecule has 0 aliphatic rings. The van der Waals surface area contributed by atoms with E-state index in [0.717, 1.165) is 6.07 Å². The van der Waals surface area contributed by atoms with Gasteiger partial charge in [-0.05, 0) is 36.4 Å². The summed E-state index contributed by atoms with van der Waals surface area (Å²) in [6.45, 7) is 0. The summed E-state index contributed by atoms with van der Waals surface area (Å²) in [4.78, 5) is -3.26. The molecule has 0 fully saturated rings. The van der Waals surface area contributed by atoms with Crippen molar-refractivity contribution in [2.75, 3.05) is 5.32 Å². The number of nitriles is 1. The van der Waals surface area contributed by atoms with Gasteiger partial charge in [-0.3, -0.25) is 0 Å². The Balaban J connectivity index is 2.64. The minimum Gasteiger partial charge on any atom is -0.360 e. The lowest BCUT2D eigenvalue weighted by Gasteiger charge is -2.15. The van der Waals surface area contributed by atoms with Crippen molar-refractivity contribution in [2.24, 2.45) is 0 Å². The van der Waals surface area contributed by atoms with E-state index in [1.54, 1.807) is 5.32 Å². The minimum absolute atomic E-state index is 0.0263. The highest BCUT2D eigenvalue weighted by molar-refractivity contribution is 7.95. The zero-order valence-corrected chi connectivity index (χ0v) is 17.6. The van der Waals surface area contributed by atoms with E-state index >= 15 is 0 Å². The number of sulfone groups is 1. The molecule has 0 radical (unpaired) electrons. The van der Waals surface area contributed by atoms with Gasteiger partial charge in [0, 0.05) is 11.9 Å². The fourth-order valence-corrected chi connectivity index (χ4v) is 3.72. The number of alkyl halides is 12. The SMILES string of the molecule is N#C/C(=C/Nc1cc(C(F)(F)F)cc(C(F)(F)F)c1)S(=O)(=O)c1cc(C(F)(F)F)cc(C(F)(F)F)c1. The van der Waals surface area contributed by atoms with Crippen LogP contribution in [0.3, 0.4) is 0 Å². The van der Waals surface area contributed by atoms with Gasteiger partial charge in [0.25, 0.3) is 0 Å². The second-order valence-electron chi connectivity index (χ2n) is 6.80. The van der Waals surface area contributed by atoms with Crippen LogP contribution in [-0.2, 0) is 34.5 Å². The fourth-order valence-electron chi connectivity index (χ4n) is 2.57. The van der Waals surface area contributed by atoms with E-state index in [9.17, 15) is 61.1 Å². The summed E-state index contributed by atoms with van der Waals surface area (Å²) in [5.74, 6) is 0. The molecule has 0 aliphatic heterocycles. The zero-order valence-electron chi connectivity index (χ0n) is 16.7. The molecule has 0 amide bonds. The smallest absolute Gasteiger partial charge is 0.360 e. The summed E-state index contributed by atoms with van der Waals surface area (Å²) >= 11 is 0. The molecule has 4 nitrogen and oxygen atoms in total. The van der Waals surface area contributed by atoms with Gasteiger partial charge in [0.1, 0.15) is 6.07 Å². The molecule has 196 valence electrons. The third-order valence-electron chi connectivity index (χ3n) is 4.23. The molecule has 0 spiro atoms. The molecule has 0 aromatic heterocycles. The van der Waals surface area contributed by atoms with Crippen LogP contribution < -0.4 is 5.32 Å². The molecule has 0 unspecified atom stereocenters. The molecule has 36 heavy (non-hydrogen) atoms. The van der Waals surface area contributed by atoms with Crippen LogP contribution >= 0.6 is 0 Å². The topological polar surface area (TPSA) is 70.0 Å². The third-order valence-corrected chi connectivity index (χ3v) is 5.87. The van der Waals surface area contributed by atoms with Crippen molar-refractivity contribution in [3.8, 4) is 6.07 Å². The van der Waals surface area contributed by atoms with Crippen LogP contribution in [0.1, 0.15) is 22.3 Å². The van der Waals surface area contributed by atoms with Crippen molar-refractivity contribution in [2.45, 2.75) is 29.6 Å². The van der Waals surface area contributed by atoms with Gasteiger partial charge in [-0.25, -0.2) is 8.42 Å². The van der Waals surface area contributed by atoms with Crippen LogP contribution in [0.15, 0.2) is 52.4 Å². The molecule has 0 saturated heterocycles. The number of allylic oxidation sites excluding steroid dienone is 1. The molecular formula is C19H8F12N2O2S. The second kappa shape index (κ2) is 9.22. The molecule has 0 aliphatic carbocycles. The van der Waals surface area contributed by atoms with Crippen molar-refractivity contribution in [1.82, 2.24) is 0 Å². The van der Waals surface area contributed by atoms with E-state index in [1.165, 1.54) is 0 Å². The van der Waals surface area contributed by atoms with E-state index in [0.29, 0.717) is 0 Å². The van der Waals surface area contributed by atoms with E-state index in [4.69, 9.17) is 5.26 Å². The van der Waals surface area contributed by atoms with Crippen LogP contribution in [0.2, 0.25) is 0 Å². The van der Waals surface area contributed by atoms with Gasteiger partial charge in [-0.2, -0.15) is 57.9 Å². The van der Waals surface area contributed by atoms with Gasteiger partial charge < -0.3 is 5.32 Å². The van der Waals surface area contributed by atoms with Crippen molar-refractivity contribution >= 4 is 15.5 Å². The Bertz CT molecular complexity index is 1260. The average molecular weight is 556 g/mol. The van der Waals surface area contributed by atoms with Gasteiger partial charge in [0.15, 0.2) is 4.91 Å². The number of halogens is 12. The maximum atomic E-state index is 13.0. The quantitative estimate of drug-likeness (QED) is 0.325. The predicted molar refractivity (Wildman–Crippen MR) is 97.4 cm³/mol. The maximum Gasteiger partial charge on any atom is 0.416 e. The minimum atomic E-state index is -5.47. The number of rotatable bonds is 4. The highest BCUT2D eigenvalue weighted by Crippen LogP contribution is 2.39. The van der Waals surface area contributed by atoms with Crippen molar-refractivity contribution in [3.63, 3.8) is 0 Å². The zero-order chi connectivity index (χ0) is 27.9. The second-order valence-corrected chi connectivity index (χ2v) is 8.72. The summed E-state index contributed by atoms with van der Waals surface area (Å²) in [7, 11) is -5.47. The Morgan fingerprint density at radius 1 is 0.667 bits per heavy atom. The third kappa shape index (κ3) is 6.62. The summed E-state index contributed by atoms with van der Waals surface area (Å²) in [6.07, 6.45) is -21.5. The van der Waals surface area contributed by atoms with Crippen LogP contribution in [0.25, 0.3) is 0 Å². The summed E-state index contributed by atoms with van der Waals surface area (Å²) in [5.41, 5.74) is -8.80. The molecular weight excluding hydrogens is 548 g/mol. The number of nitrogens with one attached hydrogen (secondary N) is 1. The van der Waals surface area contributed by atoms with Crippen molar-refractivity contribution < 1.29 is 61.1 Å². The lowest BCUT2D eigenvalue weighted by molar-refractivity contribution is -0.144. The van der Waals surface area contributed by atoms with Gasteiger partial charge in [-0.1, -0.05) is 0 Å². The molecule has 17 heteroatoms. The first-order valence-electron chi connectivity index (χ1n) is 8.77. The normalized spacial score (nSPS) is 13.9. The molecule has 0 heterocycles. The highest BCUT2D eigenvalue weighted by Gasteiger charge is 2.39. The van der Waals surface area contributed by atoms with Crippen LogP contribution in [-0.4, -0.2) is 8.42 Å². The van der Waals surface area contributed by atoms with Crippen molar-refractivity contribution in [1.29, 1.82) is 5.26 Å². The van der Waals surface area contributed by atoms with E-state index < -0.39 is 78.4 Å². The number of hydrogen-bond donors (Lipinski definition) is 1. The van der Waals surface area contributed by atoms with E-state index in [2.05, 4.69) is 0 Å². The maximum absolute atomic E-state index is 13.0. The standard InChI is InChI=1S/C19H8F12N2O2S/c20-16(21,22)9-1-10(17(23,24)25)4-13(3-9)33-8-15(7-32)36(34,35)14-5-11(18(26,27)28)2-12(6-14)19(29,30)31/h1-6,8,33H/b15-8-. The Labute approximate surface area is 193 Å². The van der Waals surface area contributed by atoms with Crippen LogP contribution in [0.5, 0.6) is 0 Å². The Kier molecular flexibility index (Phi) is 7.38. The van der Waals surface area contributed by atoms with Gasteiger partial charge in [0.2, 0.25) is 9.84 Å². The first-order valence-corrected chi connectivity index (χ1v) is 10.3. The predicted octanol–water partition coefficient (Wildman–Crippen LogP) is 7.01. The van der Waals surface area contributed by atoms with Crippen LogP contribution in [0, 0.1) is 11.3 Å². The number of benzene rings is 2. The molecule has 2 aromatic rings. The largest absolute Gasteiger partial charge is 0.416 e. The molecule has 1 N–H and O–H groups in total. The summed E-state index contributed by atoms with van der Waals surface area (Å²) in [6, 6.07) is 0.0130. The molecule has 0 bridgehead atoms. The average Bonchev–Trinajstić information content (AvgIpc) is 2.71. The number of anilines is 1. The van der Waals surface area contributed by atoms with E-state index in [1.807, 2.05) is 0 Å². The fraction of sp³-hybridized carbons (Fsp3) is 0.211. The first-order chi connectivity index (χ1) is 16.1. The molecule has 0 atom stereocenters. The highest BCUT2D eigenvalue weighted by atomic mass is 32.2. The first kappa shape index (κ1) is 28.8. The molecule has 2 rings (SSSR count). The van der Waals surface area contributed by atoms with Crippen LogP contribution in [0.4, 0.5) is 58.4 Å². The van der Waals surface area contributed by atoms with Gasteiger partial charge in [0.05, 0.1) is 27.1 Å². The summed E-state index contributed by atoms with van der Waals surface area (Å²) in [5, 5.41) is 10.8. The molecule has 2 aromatic carbocycles. The monoisotopic (exact) mass is 556 g/mol. The Morgan fingerprint density at radius 3 is 1.31 bits per heavy atom. The van der Waals surface area contributed by atoms with Gasteiger partial charge in [-0.15, -0.1) is 0 Å². The molecule has 0 saturated carbocycles. The summed E-state index contributed by atoms with van der Waals surface area (Å²) < 4.78 is 181.